The lowest BCUT2D eigenvalue weighted by molar-refractivity contribution is -0.137. The molecule has 1 amide bonds. The van der Waals surface area contributed by atoms with Gasteiger partial charge in [-0.05, 0) is 71.1 Å². The molecular formula is C22H18F4N2OS. The molecular weight excluding hydrogens is 416 g/mol. The molecule has 0 saturated heterocycles. The van der Waals surface area contributed by atoms with Crippen LogP contribution in [0.3, 0.4) is 0 Å². The molecule has 156 valence electrons. The van der Waals surface area contributed by atoms with Gasteiger partial charge in [0.2, 0.25) is 5.91 Å². The van der Waals surface area contributed by atoms with Crippen LogP contribution in [0.4, 0.5) is 17.6 Å². The van der Waals surface area contributed by atoms with Gasteiger partial charge in [0.1, 0.15) is 5.82 Å². The van der Waals surface area contributed by atoms with Gasteiger partial charge in [0.25, 0.3) is 0 Å². The van der Waals surface area contributed by atoms with Crippen LogP contribution < -0.4 is 10.0 Å². The average molecular weight is 434 g/mol. The third kappa shape index (κ3) is 6.33. The van der Waals surface area contributed by atoms with E-state index in [2.05, 4.69) is 10.0 Å². The number of nitrogens with one attached hydrogen (secondary N) is 2. The van der Waals surface area contributed by atoms with Crippen molar-refractivity contribution in [2.75, 3.05) is 6.54 Å². The van der Waals surface area contributed by atoms with Crippen molar-refractivity contribution in [3.8, 4) is 11.1 Å². The van der Waals surface area contributed by atoms with E-state index in [-0.39, 0.29) is 24.8 Å². The van der Waals surface area contributed by atoms with Crippen LogP contribution in [0.5, 0.6) is 0 Å². The van der Waals surface area contributed by atoms with E-state index in [0.29, 0.717) is 5.56 Å². The molecule has 3 rings (SSSR count). The maximum atomic E-state index is 12.9. The number of carbonyl (C=O) groups is 1. The van der Waals surface area contributed by atoms with Crippen LogP contribution in [-0.2, 0) is 17.5 Å². The van der Waals surface area contributed by atoms with Gasteiger partial charge in [0.05, 0.1) is 12.1 Å². The summed E-state index contributed by atoms with van der Waals surface area (Å²) in [7, 11) is 0. The first kappa shape index (κ1) is 21.9. The highest BCUT2D eigenvalue weighted by molar-refractivity contribution is 7.97. The van der Waals surface area contributed by atoms with Gasteiger partial charge in [0, 0.05) is 11.4 Å². The fraction of sp³-hybridized carbons (Fsp3) is 0.136. The van der Waals surface area contributed by atoms with Gasteiger partial charge < -0.3 is 5.32 Å². The largest absolute Gasteiger partial charge is 0.416 e. The van der Waals surface area contributed by atoms with Crippen LogP contribution in [0.25, 0.3) is 11.1 Å². The highest BCUT2D eigenvalue weighted by atomic mass is 32.2. The molecule has 0 aliphatic rings. The molecule has 0 bridgehead atoms. The Morgan fingerprint density at radius 1 is 0.900 bits per heavy atom. The Morgan fingerprint density at radius 3 is 2.27 bits per heavy atom. The maximum absolute atomic E-state index is 12.9. The summed E-state index contributed by atoms with van der Waals surface area (Å²) in [5, 5.41) is 2.78. The van der Waals surface area contributed by atoms with E-state index in [1.165, 1.54) is 36.2 Å². The monoisotopic (exact) mass is 434 g/mol. The SMILES string of the molecule is O=C(CNSc1ccc(F)cc1)NCc1cccc(-c2ccc(C(F)(F)F)cc2)c1. The summed E-state index contributed by atoms with van der Waals surface area (Å²) < 4.78 is 53.9. The Balaban J connectivity index is 1.51. The van der Waals surface area contributed by atoms with Gasteiger partial charge >= 0.3 is 6.18 Å². The van der Waals surface area contributed by atoms with Gasteiger partial charge in [-0.25, -0.2) is 4.39 Å². The Labute approximate surface area is 175 Å². The fourth-order valence-corrected chi connectivity index (χ4v) is 3.31. The van der Waals surface area contributed by atoms with Crippen molar-refractivity contribution in [3.63, 3.8) is 0 Å². The molecule has 0 heterocycles. The van der Waals surface area contributed by atoms with Gasteiger partial charge in [-0.1, -0.05) is 30.3 Å². The second-order valence-electron chi connectivity index (χ2n) is 6.43. The number of carbonyl (C=O) groups excluding carboxylic acids is 1. The lowest BCUT2D eigenvalue weighted by Crippen LogP contribution is -2.30. The van der Waals surface area contributed by atoms with E-state index in [1.807, 2.05) is 12.1 Å². The first-order valence-corrected chi connectivity index (χ1v) is 9.81. The van der Waals surface area contributed by atoms with E-state index < -0.39 is 11.7 Å². The van der Waals surface area contributed by atoms with E-state index in [9.17, 15) is 22.4 Å². The fourth-order valence-electron chi connectivity index (χ4n) is 2.66. The van der Waals surface area contributed by atoms with Crippen molar-refractivity contribution in [3.05, 3.63) is 89.7 Å². The molecule has 3 nitrogen and oxygen atoms in total. The number of benzene rings is 3. The summed E-state index contributed by atoms with van der Waals surface area (Å²) >= 11 is 1.22. The van der Waals surface area contributed by atoms with Crippen LogP contribution in [0, 0.1) is 5.82 Å². The van der Waals surface area contributed by atoms with Crippen molar-refractivity contribution in [1.29, 1.82) is 0 Å². The first-order chi connectivity index (χ1) is 14.3. The minimum Gasteiger partial charge on any atom is -0.351 e. The third-order valence-electron chi connectivity index (χ3n) is 4.20. The molecule has 3 aromatic carbocycles. The molecule has 0 spiro atoms. The second kappa shape index (κ2) is 9.77. The van der Waals surface area contributed by atoms with Crippen LogP contribution >= 0.6 is 11.9 Å². The topological polar surface area (TPSA) is 41.1 Å². The highest BCUT2D eigenvalue weighted by Gasteiger charge is 2.29. The minimum atomic E-state index is -4.37. The number of hydrogen-bond acceptors (Lipinski definition) is 3. The standard InChI is InChI=1S/C22H18F4N2OS/c23-19-8-10-20(11-9-19)30-28-14-21(29)27-13-15-2-1-3-17(12-15)16-4-6-18(7-5-16)22(24,25)26/h1-12,28H,13-14H2,(H,27,29). The molecule has 0 aliphatic heterocycles. The van der Waals surface area contributed by atoms with Gasteiger partial charge in [-0.15, -0.1) is 0 Å². The van der Waals surface area contributed by atoms with Gasteiger partial charge in [-0.2, -0.15) is 13.2 Å². The predicted octanol–water partition coefficient (Wildman–Crippen LogP) is 5.42. The molecule has 8 heteroatoms. The van der Waals surface area contributed by atoms with Gasteiger partial charge in [-0.3, -0.25) is 9.52 Å². The zero-order valence-corrected chi connectivity index (χ0v) is 16.5. The van der Waals surface area contributed by atoms with Crippen molar-refractivity contribution in [1.82, 2.24) is 10.0 Å². The Hall–Kier alpha value is -2.84. The number of hydrogen-bond donors (Lipinski definition) is 2. The zero-order chi connectivity index (χ0) is 21.6. The van der Waals surface area contributed by atoms with E-state index in [0.717, 1.165) is 28.2 Å². The summed E-state index contributed by atoms with van der Waals surface area (Å²) in [6, 6.07) is 18.1. The van der Waals surface area contributed by atoms with Crippen molar-refractivity contribution >= 4 is 17.9 Å². The lowest BCUT2D eigenvalue weighted by Gasteiger charge is -2.10. The van der Waals surface area contributed by atoms with Crippen molar-refractivity contribution < 1.29 is 22.4 Å². The van der Waals surface area contributed by atoms with Crippen LogP contribution in [0.15, 0.2) is 77.7 Å². The molecule has 0 unspecified atom stereocenters. The molecule has 3 aromatic rings. The molecule has 0 aromatic heterocycles. The molecule has 2 N–H and O–H groups in total. The minimum absolute atomic E-state index is 0.0701. The summed E-state index contributed by atoms with van der Waals surface area (Å²) in [6.07, 6.45) is -4.37. The Morgan fingerprint density at radius 2 is 1.60 bits per heavy atom. The maximum Gasteiger partial charge on any atom is 0.416 e. The number of halogens is 4. The number of amides is 1. The quantitative estimate of drug-likeness (QED) is 0.385. The first-order valence-electron chi connectivity index (χ1n) is 9.00. The summed E-state index contributed by atoms with van der Waals surface area (Å²) in [6.45, 7) is 0.358. The van der Waals surface area contributed by atoms with E-state index >= 15 is 0 Å². The Kier molecular flexibility index (Phi) is 7.12. The number of rotatable bonds is 7. The smallest absolute Gasteiger partial charge is 0.351 e. The summed E-state index contributed by atoms with van der Waals surface area (Å²) in [4.78, 5) is 12.8. The zero-order valence-electron chi connectivity index (χ0n) is 15.7. The summed E-state index contributed by atoms with van der Waals surface area (Å²) in [5.41, 5.74) is 1.56. The number of alkyl halides is 3. The molecule has 30 heavy (non-hydrogen) atoms. The average Bonchev–Trinajstić information content (AvgIpc) is 2.73. The normalized spacial score (nSPS) is 11.3. The third-order valence-corrected chi connectivity index (χ3v) is 5.00. The van der Waals surface area contributed by atoms with Crippen LogP contribution in [0.1, 0.15) is 11.1 Å². The van der Waals surface area contributed by atoms with Crippen LogP contribution in [0.2, 0.25) is 0 Å². The van der Waals surface area contributed by atoms with Gasteiger partial charge in [0.15, 0.2) is 0 Å². The molecule has 0 atom stereocenters. The molecule has 0 radical (unpaired) electrons. The van der Waals surface area contributed by atoms with Crippen molar-refractivity contribution in [2.45, 2.75) is 17.6 Å². The van der Waals surface area contributed by atoms with E-state index in [4.69, 9.17) is 0 Å². The molecule has 0 saturated carbocycles. The second-order valence-corrected chi connectivity index (χ2v) is 7.39. The summed E-state index contributed by atoms with van der Waals surface area (Å²) in [5.74, 6) is -0.542. The molecule has 0 fully saturated rings. The highest BCUT2D eigenvalue weighted by Crippen LogP contribution is 2.31. The molecule has 0 aliphatic carbocycles. The Bertz CT molecular complexity index is 989. The van der Waals surface area contributed by atoms with Crippen molar-refractivity contribution in [2.24, 2.45) is 0 Å². The predicted molar refractivity (Wildman–Crippen MR) is 109 cm³/mol. The van der Waals surface area contributed by atoms with Crippen LogP contribution in [-0.4, -0.2) is 12.5 Å². The lowest BCUT2D eigenvalue weighted by atomic mass is 10.0. The van der Waals surface area contributed by atoms with E-state index in [1.54, 1.807) is 24.3 Å².